The van der Waals surface area contributed by atoms with Crippen molar-refractivity contribution in [1.29, 1.82) is 0 Å². The van der Waals surface area contributed by atoms with Crippen LogP contribution < -0.4 is 15.4 Å². The van der Waals surface area contributed by atoms with Crippen molar-refractivity contribution in [2.75, 3.05) is 26.2 Å². The molecule has 0 spiro atoms. The smallest absolute Gasteiger partial charge is 0.318 e. The fraction of sp³-hybridized carbons (Fsp3) is 0.529. The SMILES string of the molecule is CCOc1ccccc1CCNC(=O)N1CCCNC(=O)C1C. The fourth-order valence-corrected chi connectivity index (χ4v) is 2.63. The maximum atomic E-state index is 12.3. The highest BCUT2D eigenvalue weighted by Gasteiger charge is 2.27. The molecule has 0 bridgehead atoms. The minimum absolute atomic E-state index is 0.0978. The topological polar surface area (TPSA) is 70.7 Å². The third-order valence-corrected chi connectivity index (χ3v) is 3.93. The lowest BCUT2D eigenvalue weighted by Crippen LogP contribution is -2.49. The second-order valence-corrected chi connectivity index (χ2v) is 5.54. The molecule has 1 aliphatic heterocycles. The molecule has 6 nitrogen and oxygen atoms in total. The first-order chi connectivity index (χ1) is 11.1. The lowest BCUT2D eigenvalue weighted by molar-refractivity contribution is -0.124. The summed E-state index contributed by atoms with van der Waals surface area (Å²) in [6.45, 7) is 6.03. The Bertz CT molecular complexity index is 548. The first kappa shape index (κ1) is 17.1. The number of amides is 3. The largest absolute Gasteiger partial charge is 0.494 e. The second kappa shape index (κ2) is 8.41. The number of hydrogen-bond donors (Lipinski definition) is 2. The van der Waals surface area contributed by atoms with Gasteiger partial charge in [0.25, 0.3) is 0 Å². The van der Waals surface area contributed by atoms with Gasteiger partial charge >= 0.3 is 6.03 Å². The highest BCUT2D eigenvalue weighted by atomic mass is 16.5. The number of carbonyl (C=O) groups is 2. The Hall–Kier alpha value is -2.24. The number of benzene rings is 1. The van der Waals surface area contributed by atoms with Gasteiger partial charge < -0.3 is 20.3 Å². The third-order valence-electron chi connectivity index (χ3n) is 3.93. The van der Waals surface area contributed by atoms with E-state index in [0.717, 1.165) is 17.7 Å². The van der Waals surface area contributed by atoms with Gasteiger partial charge in [-0.2, -0.15) is 0 Å². The number of rotatable bonds is 5. The number of urea groups is 1. The molecule has 23 heavy (non-hydrogen) atoms. The summed E-state index contributed by atoms with van der Waals surface area (Å²) in [6, 6.07) is 7.20. The van der Waals surface area contributed by atoms with E-state index in [-0.39, 0.29) is 11.9 Å². The van der Waals surface area contributed by atoms with E-state index in [0.29, 0.717) is 32.7 Å². The van der Waals surface area contributed by atoms with Crippen LogP contribution in [0.4, 0.5) is 4.79 Å². The van der Waals surface area contributed by atoms with E-state index in [9.17, 15) is 9.59 Å². The molecule has 1 heterocycles. The molecule has 1 aliphatic rings. The van der Waals surface area contributed by atoms with E-state index in [1.54, 1.807) is 11.8 Å². The molecular formula is C17H25N3O3. The van der Waals surface area contributed by atoms with Gasteiger partial charge in [-0.3, -0.25) is 4.79 Å². The quantitative estimate of drug-likeness (QED) is 0.865. The van der Waals surface area contributed by atoms with Crippen molar-refractivity contribution in [3.8, 4) is 5.75 Å². The van der Waals surface area contributed by atoms with Crippen molar-refractivity contribution >= 4 is 11.9 Å². The van der Waals surface area contributed by atoms with E-state index in [1.165, 1.54) is 0 Å². The Labute approximate surface area is 137 Å². The highest BCUT2D eigenvalue weighted by Crippen LogP contribution is 2.18. The van der Waals surface area contributed by atoms with Gasteiger partial charge in [-0.1, -0.05) is 18.2 Å². The molecule has 0 radical (unpaired) electrons. The second-order valence-electron chi connectivity index (χ2n) is 5.54. The van der Waals surface area contributed by atoms with E-state index in [1.807, 2.05) is 31.2 Å². The van der Waals surface area contributed by atoms with Crippen molar-refractivity contribution in [3.63, 3.8) is 0 Å². The van der Waals surface area contributed by atoms with E-state index in [4.69, 9.17) is 4.74 Å². The van der Waals surface area contributed by atoms with Crippen LogP contribution in [-0.2, 0) is 11.2 Å². The number of nitrogens with one attached hydrogen (secondary N) is 2. The Balaban J connectivity index is 1.88. The standard InChI is InChI=1S/C17H25N3O3/c1-3-23-15-8-5-4-7-14(15)9-11-19-17(22)20-12-6-10-18-16(21)13(20)2/h4-5,7-8,13H,3,6,9-12H2,1-2H3,(H,18,21)(H,19,22). The molecule has 1 aromatic carbocycles. The number of carbonyl (C=O) groups excluding carboxylic acids is 2. The summed E-state index contributed by atoms with van der Waals surface area (Å²) in [5.41, 5.74) is 1.07. The maximum Gasteiger partial charge on any atom is 0.318 e. The van der Waals surface area contributed by atoms with Crippen LogP contribution in [0.2, 0.25) is 0 Å². The van der Waals surface area contributed by atoms with Gasteiger partial charge in [-0.15, -0.1) is 0 Å². The Morgan fingerprint density at radius 2 is 2.22 bits per heavy atom. The van der Waals surface area contributed by atoms with Crippen LogP contribution in [-0.4, -0.2) is 49.1 Å². The van der Waals surface area contributed by atoms with Crippen LogP contribution in [0.5, 0.6) is 5.75 Å². The lowest BCUT2D eigenvalue weighted by Gasteiger charge is -2.25. The molecule has 1 atom stereocenters. The molecule has 6 heteroatoms. The van der Waals surface area contributed by atoms with Gasteiger partial charge in [-0.05, 0) is 38.3 Å². The van der Waals surface area contributed by atoms with Crippen molar-refractivity contribution in [2.24, 2.45) is 0 Å². The molecule has 1 saturated heterocycles. The summed E-state index contributed by atoms with van der Waals surface area (Å²) in [5, 5.41) is 5.71. The van der Waals surface area contributed by atoms with Crippen molar-refractivity contribution in [1.82, 2.24) is 15.5 Å². The Morgan fingerprint density at radius 1 is 1.43 bits per heavy atom. The summed E-state index contributed by atoms with van der Waals surface area (Å²) in [6.07, 6.45) is 1.47. The molecule has 0 aromatic heterocycles. The summed E-state index contributed by atoms with van der Waals surface area (Å²) in [5.74, 6) is 0.756. The Kier molecular flexibility index (Phi) is 6.26. The average Bonchev–Trinajstić information content (AvgIpc) is 2.71. The molecule has 1 unspecified atom stereocenters. The van der Waals surface area contributed by atoms with Crippen LogP contribution in [0.15, 0.2) is 24.3 Å². The molecule has 1 fully saturated rings. The molecule has 126 valence electrons. The van der Waals surface area contributed by atoms with Crippen molar-refractivity contribution in [2.45, 2.75) is 32.7 Å². The number of hydrogen-bond acceptors (Lipinski definition) is 3. The molecule has 0 aliphatic carbocycles. The molecule has 2 rings (SSSR count). The molecule has 3 amide bonds. The first-order valence-electron chi connectivity index (χ1n) is 8.16. The van der Waals surface area contributed by atoms with Gasteiger partial charge in [0, 0.05) is 19.6 Å². The van der Waals surface area contributed by atoms with E-state index in [2.05, 4.69) is 10.6 Å². The van der Waals surface area contributed by atoms with Gasteiger partial charge in [0.05, 0.1) is 6.61 Å². The summed E-state index contributed by atoms with van der Waals surface area (Å²) in [7, 11) is 0. The highest BCUT2D eigenvalue weighted by molar-refractivity contribution is 5.87. The normalized spacial score (nSPS) is 18.1. The predicted molar refractivity (Wildman–Crippen MR) is 88.5 cm³/mol. The fourth-order valence-electron chi connectivity index (χ4n) is 2.63. The lowest BCUT2D eigenvalue weighted by atomic mass is 10.1. The van der Waals surface area contributed by atoms with Gasteiger partial charge in [0.15, 0.2) is 0 Å². The number of ether oxygens (including phenoxy) is 1. The van der Waals surface area contributed by atoms with Gasteiger partial charge in [0.2, 0.25) is 5.91 Å². The van der Waals surface area contributed by atoms with Gasteiger partial charge in [0.1, 0.15) is 11.8 Å². The van der Waals surface area contributed by atoms with Crippen LogP contribution in [0, 0.1) is 0 Å². The average molecular weight is 319 g/mol. The minimum atomic E-state index is -0.437. The van der Waals surface area contributed by atoms with Crippen molar-refractivity contribution < 1.29 is 14.3 Å². The van der Waals surface area contributed by atoms with E-state index >= 15 is 0 Å². The molecule has 1 aromatic rings. The molecular weight excluding hydrogens is 294 g/mol. The third kappa shape index (κ3) is 4.61. The maximum absolute atomic E-state index is 12.3. The van der Waals surface area contributed by atoms with Crippen LogP contribution in [0.25, 0.3) is 0 Å². The number of para-hydroxylation sites is 1. The van der Waals surface area contributed by atoms with E-state index < -0.39 is 6.04 Å². The van der Waals surface area contributed by atoms with Gasteiger partial charge in [-0.25, -0.2) is 4.79 Å². The zero-order valence-corrected chi connectivity index (χ0v) is 13.8. The van der Waals surface area contributed by atoms with Crippen molar-refractivity contribution in [3.05, 3.63) is 29.8 Å². The summed E-state index contributed by atoms with van der Waals surface area (Å²) < 4.78 is 5.58. The molecule has 0 saturated carbocycles. The zero-order chi connectivity index (χ0) is 16.7. The molecule has 2 N–H and O–H groups in total. The van der Waals surface area contributed by atoms with Crippen LogP contribution in [0.3, 0.4) is 0 Å². The Morgan fingerprint density at radius 3 is 3.00 bits per heavy atom. The first-order valence-corrected chi connectivity index (χ1v) is 8.16. The summed E-state index contributed by atoms with van der Waals surface area (Å²) in [4.78, 5) is 25.7. The zero-order valence-electron chi connectivity index (χ0n) is 13.8. The minimum Gasteiger partial charge on any atom is -0.494 e. The monoisotopic (exact) mass is 319 g/mol. The number of nitrogens with zero attached hydrogens (tertiary/aromatic N) is 1. The van der Waals surface area contributed by atoms with Crippen LogP contribution >= 0.6 is 0 Å². The van der Waals surface area contributed by atoms with Crippen LogP contribution in [0.1, 0.15) is 25.8 Å². The summed E-state index contributed by atoms with van der Waals surface area (Å²) >= 11 is 0. The predicted octanol–water partition coefficient (Wildman–Crippen LogP) is 1.55.